The zero-order valence-electron chi connectivity index (χ0n) is 13.0. The molecule has 1 saturated carbocycles. The Kier molecular flexibility index (Phi) is 4.40. The van der Waals surface area contributed by atoms with Gasteiger partial charge in [-0.3, -0.25) is 0 Å². The number of nitrogens with one attached hydrogen (secondary N) is 1. The number of hydrogen-bond donors (Lipinski definition) is 2. The highest BCUT2D eigenvalue weighted by molar-refractivity contribution is 5.48. The van der Waals surface area contributed by atoms with E-state index in [1.54, 1.807) is 0 Å². The first-order valence-electron chi connectivity index (χ1n) is 8.30. The van der Waals surface area contributed by atoms with Crippen molar-refractivity contribution in [2.75, 3.05) is 12.0 Å². The van der Waals surface area contributed by atoms with Crippen molar-refractivity contribution in [2.24, 2.45) is 5.84 Å². The summed E-state index contributed by atoms with van der Waals surface area (Å²) in [6.07, 6.45) is 10.2. The van der Waals surface area contributed by atoms with Gasteiger partial charge in [0.15, 0.2) is 5.82 Å². The fraction of sp³-hybridized carbons (Fsp3) is 0.750. The molecule has 116 valence electrons. The number of fused-ring (bicyclic) bond motifs is 1. The Balaban J connectivity index is 2.02. The molecule has 3 rings (SSSR count). The van der Waals surface area contributed by atoms with Crippen LogP contribution in [0.3, 0.4) is 0 Å². The number of hydrazine groups is 1. The van der Waals surface area contributed by atoms with E-state index >= 15 is 0 Å². The number of hydrogen-bond acceptors (Lipinski definition) is 5. The first-order valence-corrected chi connectivity index (χ1v) is 8.30. The zero-order chi connectivity index (χ0) is 14.7. The van der Waals surface area contributed by atoms with Crippen LogP contribution in [0, 0.1) is 0 Å². The summed E-state index contributed by atoms with van der Waals surface area (Å²) in [5.74, 6) is 7.34. The summed E-state index contributed by atoms with van der Waals surface area (Å²) in [6.45, 7) is 2.76. The average Bonchev–Trinajstić information content (AvgIpc) is 2.85. The average molecular weight is 290 g/mol. The van der Waals surface area contributed by atoms with Crippen molar-refractivity contribution in [1.82, 2.24) is 9.97 Å². The van der Waals surface area contributed by atoms with E-state index in [1.807, 2.05) is 0 Å². The summed E-state index contributed by atoms with van der Waals surface area (Å²) in [7, 11) is 0. The molecule has 0 spiro atoms. The number of aromatic nitrogens is 2. The normalized spacial score (nSPS) is 20.9. The van der Waals surface area contributed by atoms with Crippen LogP contribution in [0.25, 0.3) is 0 Å². The molecule has 5 heteroatoms. The van der Waals surface area contributed by atoms with Gasteiger partial charge in [-0.25, -0.2) is 15.8 Å². The van der Waals surface area contributed by atoms with E-state index in [0.29, 0.717) is 6.61 Å². The van der Waals surface area contributed by atoms with Crippen LogP contribution in [0.2, 0.25) is 0 Å². The standard InChI is InChI=1S/C16H26N4O/c1-2-21-16(10-5-3-4-6-11-16)15-18-13-9-7-8-12(13)14(19-15)20-17/h2-11,17H2,1H3,(H,18,19,20). The molecular formula is C16H26N4O. The highest BCUT2D eigenvalue weighted by Gasteiger charge is 2.38. The van der Waals surface area contributed by atoms with Crippen LogP contribution in [0.1, 0.15) is 69.0 Å². The van der Waals surface area contributed by atoms with Gasteiger partial charge in [0.05, 0.1) is 0 Å². The van der Waals surface area contributed by atoms with Gasteiger partial charge in [0.25, 0.3) is 0 Å². The van der Waals surface area contributed by atoms with Crippen molar-refractivity contribution in [3.63, 3.8) is 0 Å². The summed E-state index contributed by atoms with van der Waals surface area (Å²) in [5.41, 5.74) is 4.82. The van der Waals surface area contributed by atoms with Crippen LogP contribution >= 0.6 is 0 Å². The second kappa shape index (κ2) is 6.28. The minimum Gasteiger partial charge on any atom is -0.367 e. The summed E-state index contributed by atoms with van der Waals surface area (Å²) in [5, 5.41) is 0. The maximum Gasteiger partial charge on any atom is 0.162 e. The molecular weight excluding hydrogens is 264 g/mol. The topological polar surface area (TPSA) is 73.1 Å². The van der Waals surface area contributed by atoms with Gasteiger partial charge in [0.1, 0.15) is 11.4 Å². The van der Waals surface area contributed by atoms with Gasteiger partial charge in [-0.1, -0.05) is 25.7 Å². The Labute approximate surface area is 126 Å². The monoisotopic (exact) mass is 290 g/mol. The van der Waals surface area contributed by atoms with E-state index in [0.717, 1.165) is 49.4 Å². The van der Waals surface area contributed by atoms with Crippen molar-refractivity contribution in [1.29, 1.82) is 0 Å². The van der Waals surface area contributed by atoms with Gasteiger partial charge >= 0.3 is 0 Å². The van der Waals surface area contributed by atoms with Crippen LogP contribution in [0.15, 0.2) is 0 Å². The van der Waals surface area contributed by atoms with E-state index in [-0.39, 0.29) is 5.60 Å². The summed E-state index contributed by atoms with van der Waals surface area (Å²) < 4.78 is 6.20. The van der Waals surface area contributed by atoms with Crippen LogP contribution < -0.4 is 11.3 Å². The molecule has 1 heterocycles. The number of nitrogens with two attached hydrogens (primary N) is 1. The van der Waals surface area contributed by atoms with Gasteiger partial charge < -0.3 is 10.2 Å². The molecule has 2 aliphatic carbocycles. The first kappa shape index (κ1) is 14.7. The van der Waals surface area contributed by atoms with Crippen molar-refractivity contribution in [3.05, 3.63) is 17.1 Å². The van der Waals surface area contributed by atoms with Crippen molar-refractivity contribution < 1.29 is 4.74 Å². The molecule has 21 heavy (non-hydrogen) atoms. The lowest BCUT2D eigenvalue weighted by atomic mass is 9.92. The Hall–Kier alpha value is -1.20. The Bertz CT molecular complexity index is 495. The quantitative estimate of drug-likeness (QED) is 0.507. The highest BCUT2D eigenvalue weighted by atomic mass is 16.5. The van der Waals surface area contributed by atoms with Crippen molar-refractivity contribution in [3.8, 4) is 0 Å². The molecule has 0 atom stereocenters. The van der Waals surface area contributed by atoms with Gasteiger partial charge in [0.2, 0.25) is 0 Å². The molecule has 0 amide bonds. The summed E-state index contributed by atoms with van der Waals surface area (Å²) in [4.78, 5) is 9.63. The third kappa shape index (κ3) is 2.77. The molecule has 5 nitrogen and oxygen atoms in total. The van der Waals surface area contributed by atoms with Gasteiger partial charge in [-0.2, -0.15) is 0 Å². The van der Waals surface area contributed by atoms with E-state index in [2.05, 4.69) is 12.3 Å². The minimum absolute atomic E-state index is 0.311. The van der Waals surface area contributed by atoms with E-state index in [9.17, 15) is 0 Å². The molecule has 0 bridgehead atoms. The van der Waals surface area contributed by atoms with Gasteiger partial charge in [-0.05, 0) is 39.0 Å². The molecule has 2 aliphatic rings. The lowest BCUT2D eigenvalue weighted by molar-refractivity contribution is -0.0624. The fourth-order valence-electron chi connectivity index (χ4n) is 3.76. The molecule has 0 unspecified atom stereocenters. The number of nitrogen functional groups attached to an aromatic ring is 1. The number of rotatable bonds is 4. The molecule has 1 fully saturated rings. The minimum atomic E-state index is -0.311. The maximum absolute atomic E-state index is 6.20. The zero-order valence-corrected chi connectivity index (χ0v) is 13.0. The third-order valence-electron chi connectivity index (χ3n) is 4.81. The summed E-state index contributed by atoms with van der Waals surface area (Å²) in [6, 6.07) is 0. The molecule has 1 aromatic heterocycles. The van der Waals surface area contributed by atoms with Gasteiger partial charge in [0, 0.05) is 17.9 Å². The Morgan fingerprint density at radius 1 is 1.10 bits per heavy atom. The number of aryl methyl sites for hydroxylation is 1. The SMILES string of the molecule is CCOC1(c2nc3c(c(NN)n2)CCC3)CCCCCC1. The molecule has 0 aromatic carbocycles. The molecule has 3 N–H and O–H groups in total. The fourth-order valence-corrected chi connectivity index (χ4v) is 3.76. The highest BCUT2D eigenvalue weighted by Crippen LogP contribution is 2.39. The van der Waals surface area contributed by atoms with Crippen LogP contribution in [-0.4, -0.2) is 16.6 Å². The Morgan fingerprint density at radius 2 is 1.86 bits per heavy atom. The molecule has 0 radical (unpaired) electrons. The lowest BCUT2D eigenvalue weighted by Gasteiger charge is -2.31. The number of ether oxygens (including phenoxy) is 1. The maximum atomic E-state index is 6.20. The van der Waals surface area contributed by atoms with Crippen molar-refractivity contribution >= 4 is 5.82 Å². The lowest BCUT2D eigenvalue weighted by Crippen LogP contribution is -2.33. The van der Waals surface area contributed by atoms with E-state index in [1.165, 1.54) is 31.2 Å². The van der Waals surface area contributed by atoms with Crippen LogP contribution in [-0.2, 0) is 23.2 Å². The Morgan fingerprint density at radius 3 is 2.52 bits per heavy atom. The predicted molar refractivity (Wildman–Crippen MR) is 82.9 cm³/mol. The number of anilines is 1. The predicted octanol–water partition coefficient (Wildman–Crippen LogP) is 2.84. The molecule has 0 aliphatic heterocycles. The second-order valence-electron chi connectivity index (χ2n) is 6.16. The summed E-state index contributed by atoms with van der Waals surface area (Å²) >= 11 is 0. The first-order chi connectivity index (χ1) is 10.3. The van der Waals surface area contributed by atoms with E-state index in [4.69, 9.17) is 20.5 Å². The van der Waals surface area contributed by atoms with Crippen molar-refractivity contribution in [2.45, 2.75) is 70.3 Å². The molecule has 0 saturated heterocycles. The van der Waals surface area contributed by atoms with Gasteiger partial charge in [-0.15, -0.1) is 0 Å². The van der Waals surface area contributed by atoms with E-state index < -0.39 is 0 Å². The number of nitrogens with zero attached hydrogens (tertiary/aromatic N) is 2. The smallest absolute Gasteiger partial charge is 0.162 e. The van der Waals surface area contributed by atoms with Crippen LogP contribution in [0.5, 0.6) is 0 Å². The van der Waals surface area contributed by atoms with Crippen LogP contribution in [0.4, 0.5) is 5.82 Å². The molecule has 1 aromatic rings. The second-order valence-corrected chi connectivity index (χ2v) is 6.16. The third-order valence-corrected chi connectivity index (χ3v) is 4.81. The largest absolute Gasteiger partial charge is 0.367 e.